The number of ether oxygens (including phenoxy) is 1. The molecule has 0 saturated heterocycles. The van der Waals surface area contributed by atoms with Crippen molar-refractivity contribution in [2.45, 2.75) is 16.3 Å². The van der Waals surface area contributed by atoms with Gasteiger partial charge in [0.1, 0.15) is 10.8 Å². The summed E-state index contributed by atoms with van der Waals surface area (Å²) >= 11 is 2.65. The third kappa shape index (κ3) is 4.74. The van der Waals surface area contributed by atoms with E-state index in [0.717, 1.165) is 0 Å². The maximum atomic E-state index is 13.2. The Kier molecular flexibility index (Phi) is 5.56. The van der Waals surface area contributed by atoms with E-state index < -0.39 is 5.97 Å². The van der Waals surface area contributed by atoms with E-state index in [4.69, 9.17) is 4.74 Å². The van der Waals surface area contributed by atoms with E-state index >= 15 is 0 Å². The Hall–Kier alpha value is -2.52. The molecule has 0 spiro atoms. The molecule has 6 nitrogen and oxygen atoms in total. The van der Waals surface area contributed by atoms with Gasteiger partial charge in [0.25, 0.3) is 0 Å². The molecule has 3 aromatic rings. The number of pyridine rings is 1. The van der Waals surface area contributed by atoms with Crippen molar-refractivity contribution < 1.29 is 13.9 Å². The lowest BCUT2D eigenvalue weighted by Crippen LogP contribution is -2.04. The summed E-state index contributed by atoms with van der Waals surface area (Å²) in [4.78, 5) is 15.8. The Morgan fingerprint density at radius 2 is 2.20 bits per heavy atom. The third-order valence-corrected chi connectivity index (χ3v) is 4.76. The molecule has 0 aliphatic heterocycles. The predicted molar refractivity (Wildman–Crippen MR) is 93.9 cm³/mol. The second-order valence-corrected chi connectivity index (χ2v) is 6.96. The number of nitrogens with one attached hydrogen (secondary N) is 1. The highest BCUT2D eigenvalue weighted by Crippen LogP contribution is 2.32. The Bertz CT molecular complexity index is 871. The van der Waals surface area contributed by atoms with Gasteiger partial charge in [0.2, 0.25) is 5.13 Å². The molecule has 0 atom stereocenters. The van der Waals surface area contributed by atoms with Crippen molar-refractivity contribution in [1.82, 2.24) is 15.2 Å². The summed E-state index contributed by atoms with van der Waals surface area (Å²) in [5.41, 5.74) is 1.00. The van der Waals surface area contributed by atoms with Gasteiger partial charge in [-0.2, -0.15) is 0 Å². The number of carbonyl (C=O) groups excluding carboxylic acids is 1. The lowest BCUT2D eigenvalue weighted by atomic mass is 10.3. The maximum Gasteiger partial charge on any atom is 0.339 e. The highest BCUT2D eigenvalue weighted by molar-refractivity contribution is 8.01. The Balaban J connectivity index is 1.64. The summed E-state index contributed by atoms with van der Waals surface area (Å²) in [7, 11) is 0. The first-order valence-corrected chi connectivity index (χ1v) is 8.94. The fourth-order valence-corrected chi connectivity index (χ4v) is 3.52. The van der Waals surface area contributed by atoms with E-state index in [1.807, 2.05) is 0 Å². The maximum absolute atomic E-state index is 13.2. The van der Waals surface area contributed by atoms with Crippen LogP contribution in [0.2, 0.25) is 0 Å². The highest BCUT2D eigenvalue weighted by atomic mass is 32.2. The number of nitrogens with zero attached hydrogens (tertiary/aromatic N) is 3. The summed E-state index contributed by atoms with van der Waals surface area (Å²) in [6.45, 7) is 2.07. The molecule has 0 fully saturated rings. The number of anilines is 2. The third-order valence-electron chi connectivity index (χ3n) is 2.92. The van der Waals surface area contributed by atoms with Crippen LogP contribution in [0.3, 0.4) is 0 Å². The number of esters is 1. The van der Waals surface area contributed by atoms with E-state index in [1.54, 1.807) is 31.2 Å². The largest absolute Gasteiger partial charge is 0.462 e. The second-order valence-electron chi connectivity index (χ2n) is 4.72. The number of aromatic nitrogens is 3. The molecule has 0 bridgehead atoms. The van der Waals surface area contributed by atoms with Crippen LogP contribution in [0, 0.1) is 5.82 Å². The van der Waals surface area contributed by atoms with Gasteiger partial charge in [0, 0.05) is 11.9 Å². The fraction of sp³-hybridized carbons (Fsp3) is 0.125. The first kappa shape index (κ1) is 17.3. The van der Waals surface area contributed by atoms with Crippen LogP contribution in [0.25, 0.3) is 0 Å². The molecule has 1 N–H and O–H groups in total. The zero-order valence-corrected chi connectivity index (χ0v) is 14.7. The molecule has 0 saturated carbocycles. The van der Waals surface area contributed by atoms with Crippen molar-refractivity contribution in [2.24, 2.45) is 0 Å². The summed E-state index contributed by atoms with van der Waals surface area (Å²) in [5.74, 6) is -0.723. The van der Waals surface area contributed by atoms with Crippen molar-refractivity contribution in [3.05, 3.63) is 54.0 Å². The second kappa shape index (κ2) is 8.04. The van der Waals surface area contributed by atoms with Crippen LogP contribution in [0.1, 0.15) is 17.3 Å². The monoisotopic (exact) mass is 376 g/mol. The minimum atomic E-state index is -0.399. The van der Waals surface area contributed by atoms with Crippen molar-refractivity contribution in [3.8, 4) is 0 Å². The molecule has 2 aromatic heterocycles. The van der Waals surface area contributed by atoms with E-state index in [1.165, 1.54) is 41.4 Å². The van der Waals surface area contributed by atoms with Crippen LogP contribution in [-0.4, -0.2) is 27.8 Å². The van der Waals surface area contributed by atoms with E-state index in [9.17, 15) is 9.18 Å². The summed E-state index contributed by atoms with van der Waals surface area (Å²) in [6, 6.07) is 9.48. The van der Waals surface area contributed by atoms with Crippen LogP contribution >= 0.6 is 23.1 Å². The molecule has 25 heavy (non-hydrogen) atoms. The van der Waals surface area contributed by atoms with Crippen LogP contribution in [0.15, 0.2) is 52.0 Å². The molecule has 0 amide bonds. The topological polar surface area (TPSA) is 77.0 Å². The van der Waals surface area contributed by atoms with Gasteiger partial charge in [-0.05, 0) is 49.0 Å². The Labute approximate surface area is 151 Å². The number of halogens is 1. The minimum absolute atomic E-state index is 0.321. The zero-order valence-electron chi connectivity index (χ0n) is 13.1. The number of benzene rings is 1. The summed E-state index contributed by atoms with van der Waals surface area (Å²) in [6.07, 6.45) is 1.47. The van der Waals surface area contributed by atoms with Crippen molar-refractivity contribution in [2.75, 3.05) is 11.9 Å². The van der Waals surface area contributed by atoms with Gasteiger partial charge in [0.05, 0.1) is 12.2 Å². The standard InChI is InChI=1S/C16H13FN4O2S2/c1-2-23-14(22)10-6-7-13(18-9-10)24-16-21-20-15(25-16)19-12-5-3-4-11(17)8-12/h3-9H,2H2,1H3,(H,19,20). The summed E-state index contributed by atoms with van der Waals surface area (Å²) in [5, 5.41) is 12.3. The molecule has 2 heterocycles. The van der Waals surface area contributed by atoms with Crippen molar-refractivity contribution in [1.29, 1.82) is 0 Å². The highest BCUT2D eigenvalue weighted by Gasteiger charge is 2.10. The van der Waals surface area contributed by atoms with E-state index in [2.05, 4.69) is 20.5 Å². The average molecular weight is 376 g/mol. The molecule has 0 aliphatic rings. The van der Waals surface area contributed by atoms with Gasteiger partial charge < -0.3 is 10.1 Å². The van der Waals surface area contributed by atoms with Crippen LogP contribution in [0.4, 0.5) is 15.2 Å². The molecule has 0 unspecified atom stereocenters. The van der Waals surface area contributed by atoms with E-state index in [0.29, 0.717) is 32.4 Å². The zero-order chi connectivity index (χ0) is 17.6. The smallest absolute Gasteiger partial charge is 0.339 e. The molecule has 3 rings (SSSR count). The van der Waals surface area contributed by atoms with Crippen molar-refractivity contribution in [3.63, 3.8) is 0 Å². The number of hydrogen-bond donors (Lipinski definition) is 1. The number of hydrogen-bond acceptors (Lipinski definition) is 8. The van der Waals surface area contributed by atoms with Gasteiger partial charge in [-0.1, -0.05) is 17.4 Å². The predicted octanol–water partition coefficient (Wildman–Crippen LogP) is 4.14. The fourth-order valence-electron chi connectivity index (χ4n) is 1.86. The Morgan fingerprint density at radius 1 is 1.32 bits per heavy atom. The van der Waals surface area contributed by atoms with Crippen LogP contribution in [-0.2, 0) is 4.74 Å². The number of rotatable bonds is 6. The molecule has 9 heteroatoms. The van der Waals surface area contributed by atoms with Crippen LogP contribution in [0.5, 0.6) is 0 Å². The lowest BCUT2D eigenvalue weighted by Gasteiger charge is -2.02. The van der Waals surface area contributed by atoms with Gasteiger partial charge in [-0.25, -0.2) is 14.2 Å². The molecule has 128 valence electrons. The molecule has 0 radical (unpaired) electrons. The van der Waals surface area contributed by atoms with Crippen molar-refractivity contribution >= 4 is 39.9 Å². The first-order valence-electron chi connectivity index (χ1n) is 7.31. The molecular weight excluding hydrogens is 363 g/mol. The minimum Gasteiger partial charge on any atom is -0.462 e. The van der Waals surface area contributed by atoms with Gasteiger partial charge >= 0.3 is 5.97 Å². The van der Waals surface area contributed by atoms with Gasteiger partial charge in [0.15, 0.2) is 4.34 Å². The average Bonchev–Trinajstić information content (AvgIpc) is 3.02. The SMILES string of the molecule is CCOC(=O)c1ccc(Sc2nnc(Nc3cccc(F)c3)s2)nc1. The summed E-state index contributed by atoms with van der Waals surface area (Å²) < 4.78 is 18.8. The lowest BCUT2D eigenvalue weighted by molar-refractivity contribution is 0.0525. The van der Waals surface area contributed by atoms with Gasteiger partial charge in [-0.3, -0.25) is 0 Å². The quantitative estimate of drug-likeness (QED) is 0.648. The van der Waals surface area contributed by atoms with Crippen LogP contribution < -0.4 is 5.32 Å². The Morgan fingerprint density at radius 3 is 2.92 bits per heavy atom. The molecule has 1 aromatic carbocycles. The normalized spacial score (nSPS) is 10.5. The number of carbonyl (C=O) groups is 1. The molecule has 0 aliphatic carbocycles. The van der Waals surface area contributed by atoms with E-state index in [-0.39, 0.29) is 5.82 Å². The van der Waals surface area contributed by atoms with Gasteiger partial charge in [-0.15, -0.1) is 10.2 Å². The molecular formula is C16H13FN4O2S2. The first-order chi connectivity index (χ1) is 12.1.